The van der Waals surface area contributed by atoms with Crippen LogP contribution in [-0.4, -0.2) is 5.71 Å². The van der Waals surface area contributed by atoms with Crippen LogP contribution in [0.1, 0.15) is 26.3 Å². The molecule has 0 fully saturated rings. The molecule has 0 aliphatic rings. The van der Waals surface area contributed by atoms with Gasteiger partial charge in [-0.15, -0.1) is 0 Å². The van der Waals surface area contributed by atoms with Crippen LogP contribution in [0.25, 0.3) is 0 Å². The predicted molar refractivity (Wildman–Crippen MR) is 86.2 cm³/mol. The van der Waals surface area contributed by atoms with Crippen LogP contribution in [-0.2, 0) is 0 Å². The number of benzene rings is 2. The normalized spacial score (nSPS) is 9.40. The molecule has 0 radical (unpaired) electrons. The molecule has 0 saturated carbocycles. The number of hydrogen-bond acceptors (Lipinski definition) is 3. The van der Waals surface area contributed by atoms with Crippen molar-refractivity contribution in [2.24, 2.45) is 0 Å². The highest BCUT2D eigenvalue weighted by Crippen LogP contribution is 2.27. The van der Waals surface area contributed by atoms with E-state index in [-0.39, 0.29) is 0 Å². The molecule has 0 bridgehead atoms. The Labute approximate surface area is 124 Å². The van der Waals surface area contributed by atoms with Crippen LogP contribution in [0.4, 0.5) is 5.69 Å². The zero-order valence-electron chi connectivity index (χ0n) is 11.9. The fraction of sp³-hybridized carbons (Fsp3) is 0.188. The van der Waals surface area contributed by atoms with Crippen molar-refractivity contribution in [1.29, 1.82) is 5.41 Å². The summed E-state index contributed by atoms with van der Waals surface area (Å²) in [6.45, 7) is 5.69. The van der Waals surface area contributed by atoms with Gasteiger partial charge in [0.25, 0.3) is 0 Å². The minimum absolute atomic E-state index is 0.407. The number of nitrogen functional groups attached to an aromatic ring is 1. The standard InChI is InChI=1S/C14H13ClN2O.C2H6/c1-9(16)13-8-12(5-6-14(13)17)18-11-4-2-3-10(15)7-11;1-2/h2-8,16H,17H2,1H3;1-2H3. The lowest BCUT2D eigenvalue weighted by Gasteiger charge is -2.09. The van der Waals surface area contributed by atoms with E-state index < -0.39 is 0 Å². The van der Waals surface area contributed by atoms with Crippen molar-refractivity contribution < 1.29 is 4.74 Å². The summed E-state index contributed by atoms with van der Waals surface area (Å²) in [6, 6.07) is 12.4. The van der Waals surface area contributed by atoms with Gasteiger partial charge in [-0.2, -0.15) is 0 Å². The molecule has 2 aromatic carbocycles. The number of nitrogens with two attached hydrogens (primary N) is 1. The topological polar surface area (TPSA) is 59.1 Å². The van der Waals surface area contributed by atoms with Gasteiger partial charge in [-0.1, -0.05) is 31.5 Å². The molecule has 0 aliphatic carbocycles. The first-order chi connectivity index (χ1) is 9.56. The van der Waals surface area contributed by atoms with Crippen LogP contribution in [0.15, 0.2) is 42.5 Å². The Morgan fingerprint density at radius 2 is 1.75 bits per heavy atom. The Kier molecular flexibility index (Phi) is 6.07. The maximum atomic E-state index is 7.63. The molecular formula is C16H19ClN2O. The Morgan fingerprint density at radius 3 is 2.35 bits per heavy atom. The monoisotopic (exact) mass is 290 g/mol. The molecule has 3 N–H and O–H groups in total. The summed E-state index contributed by atoms with van der Waals surface area (Å²) in [5, 5.41) is 8.25. The number of halogens is 1. The molecule has 20 heavy (non-hydrogen) atoms. The van der Waals surface area contributed by atoms with Crippen molar-refractivity contribution in [1.82, 2.24) is 0 Å². The van der Waals surface area contributed by atoms with Gasteiger partial charge < -0.3 is 15.9 Å². The molecule has 2 aromatic rings. The molecule has 0 amide bonds. The van der Waals surface area contributed by atoms with Crippen molar-refractivity contribution in [3.05, 3.63) is 53.1 Å². The van der Waals surface area contributed by atoms with E-state index >= 15 is 0 Å². The average molecular weight is 291 g/mol. The van der Waals surface area contributed by atoms with Crippen molar-refractivity contribution >= 4 is 23.0 Å². The summed E-state index contributed by atoms with van der Waals surface area (Å²) in [5.74, 6) is 1.29. The van der Waals surface area contributed by atoms with Crippen molar-refractivity contribution in [2.45, 2.75) is 20.8 Å². The SMILES string of the molecule is CC.CC(=N)c1cc(Oc2cccc(Cl)c2)ccc1N. The quantitative estimate of drug-likeness (QED) is 0.608. The Morgan fingerprint density at radius 1 is 1.10 bits per heavy atom. The molecule has 0 saturated heterocycles. The summed E-state index contributed by atoms with van der Waals surface area (Å²) >= 11 is 5.88. The Bertz CT molecular complexity index is 597. The van der Waals surface area contributed by atoms with Crippen molar-refractivity contribution in [2.75, 3.05) is 5.73 Å². The van der Waals surface area contributed by atoms with Gasteiger partial charge in [-0.25, -0.2) is 0 Å². The summed E-state index contributed by atoms with van der Waals surface area (Å²) in [6.07, 6.45) is 0. The second-order valence-corrected chi connectivity index (χ2v) is 4.37. The molecule has 0 unspecified atom stereocenters. The lowest BCUT2D eigenvalue weighted by molar-refractivity contribution is 0.482. The number of hydrogen-bond donors (Lipinski definition) is 2. The van der Waals surface area contributed by atoms with Crippen LogP contribution >= 0.6 is 11.6 Å². The molecule has 106 valence electrons. The number of anilines is 1. The van der Waals surface area contributed by atoms with E-state index in [1.54, 1.807) is 37.3 Å². The lowest BCUT2D eigenvalue weighted by Crippen LogP contribution is -1.99. The summed E-state index contributed by atoms with van der Waals surface area (Å²) < 4.78 is 5.67. The zero-order valence-corrected chi connectivity index (χ0v) is 12.7. The summed E-state index contributed by atoms with van der Waals surface area (Å²) in [5.41, 5.74) is 7.44. The van der Waals surface area contributed by atoms with E-state index in [0.29, 0.717) is 33.5 Å². The van der Waals surface area contributed by atoms with E-state index in [1.807, 2.05) is 26.0 Å². The van der Waals surface area contributed by atoms with Crippen LogP contribution in [0.3, 0.4) is 0 Å². The Hall–Kier alpha value is -2.00. The molecule has 0 spiro atoms. The van der Waals surface area contributed by atoms with E-state index in [2.05, 4.69) is 0 Å². The van der Waals surface area contributed by atoms with Gasteiger partial charge in [0, 0.05) is 22.0 Å². The van der Waals surface area contributed by atoms with E-state index in [1.165, 1.54) is 0 Å². The second kappa shape index (κ2) is 7.56. The fourth-order valence-electron chi connectivity index (χ4n) is 1.59. The van der Waals surface area contributed by atoms with Crippen molar-refractivity contribution in [3.63, 3.8) is 0 Å². The molecule has 4 heteroatoms. The van der Waals surface area contributed by atoms with Crippen LogP contribution in [0.2, 0.25) is 5.02 Å². The van der Waals surface area contributed by atoms with Gasteiger partial charge >= 0.3 is 0 Å². The third-order valence-corrected chi connectivity index (χ3v) is 2.70. The van der Waals surface area contributed by atoms with Gasteiger partial charge in [0.15, 0.2) is 0 Å². The van der Waals surface area contributed by atoms with Crippen LogP contribution in [0.5, 0.6) is 11.5 Å². The predicted octanol–water partition coefficient (Wildman–Crippen LogP) is 5.13. The fourth-order valence-corrected chi connectivity index (χ4v) is 1.77. The molecular weight excluding hydrogens is 272 g/mol. The molecule has 2 rings (SSSR count). The van der Waals surface area contributed by atoms with Gasteiger partial charge in [0.1, 0.15) is 11.5 Å². The van der Waals surface area contributed by atoms with E-state index in [0.717, 1.165) is 0 Å². The second-order valence-electron chi connectivity index (χ2n) is 3.93. The first-order valence-electron chi connectivity index (χ1n) is 6.45. The zero-order chi connectivity index (χ0) is 15.1. The third kappa shape index (κ3) is 4.28. The number of rotatable bonds is 3. The van der Waals surface area contributed by atoms with Crippen LogP contribution < -0.4 is 10.5 Å². The first kappa shape index (κ1) is 16.1. The largest absolute Gasteiger partial charge is 0.457 e. The van der Waals surface area contributed by atoms with Gasteiger partial charge in [0.05, 0.1) is 0 Å². The molecule has 0 aliphatic heterocycles. The number of nitrogens with one attached hydrogen (secondary N) is 1. The average Bonchev–Trinajstić information content (AvgIpc) is 2.43. The minimum atomic E-state index is 0.407. The van der Waals surface area contributed by atoms with Crippen LogP contribution in [0, 0.1) is 5.41 Å². The highest BCUT2D eigenvalue weighted by atomic mass is 35.5. The highest BCUT2D eigenvalue weighted by Gasteiger charge is 2.05. The highest BCUT2D eigenvalue weighted by molar-refractivity contribution is 6.30. The smallest absolute Gasteiger partial charge is 0.128 e. The summed E-state index contributed by atoms with van der Waals surface area (Å²) in [7, 11) is 0. The third-order valence-electron chi connectivity index (χ3n) is 2.46. The molecule has 0 heterocycles. The van der Waals surface area contributed by atoms with E-state index in [9.17, 15) is 0 Å². The van der Waals surface area contributed by atoms with Gasteiger partial charge in [0.2, 0.25) is 0 Å². The van der Waals surface area contributed by atoms with Gasteiger partial charge in [-0.3, -0.25) is 0 Å². The minimum Gasteiger partial charge on any atom is -0.457 e. The Balaban J connectivity index is 0.000000956. The molecule has 0 aromatic heterocycles. The summed E-state index contributed by atoms with van der Waals surface area (Å²) in [4.78, 5) is 0. The lowest BCUT2D eigenvalue weighted by atomic mass is 10.1. The molecule has 0 atom stereocenters. The number of ether oxygens (including phenoxy) is 1. The first-order valence-corrected chi connectivity index (χ1v) is 6.82. The maximum absolute atomic E-state index is 7.63. The van der Waals surface area contributed by atoms with Crippen molar-refractivity contribution in [3.8, 4) is 11.5 Å². The van der Waals surface area contributed by atoms with Gasteiger partial charge in [-0.05, 0) is 43.3 Å². The molecule has 3 nitrogen and oxygen atoms in total. The van der Waals surface area contributed by atoms with E-state index in [4.69, 9.17) is 27.5 Å². The maximum Gasteiger partial charge on any atom is 0.128 e.